The SMILES string of the molecule is c1ccc2c(c1)CC(Nc1nccc(-c3ncc(N4CCC(c5cn[nH]n5)CC4)[nH]3)n1)C2. The van der Waals surface area contributed by atoms with Crippen LogP contribution < -0.4 is 10.2 Å². The molecule has 4 aromatic rings. The standard InChI is InChI=1S/C23H25N9/c1-2-4-17-12-18(11-16(17)3-1)27-23-24-8-5-19(28-23)22-25-14-21(29-22)32-9-6-15(7-10-32)20-13-26-31-30-20/h1-5,8,13-15,18H,6-7,9-12H2,(H,25,29)(H,24,27,28)(H,26,30,31). The van der Waals surface area contributed by atoms with Crippen molar-refractivity contribution in [3.8, 4) is 11.5 Å². The topological polar surface area (TPSA) is 111 Å². The number of fused-ring (bicyclic) bond motifs is 1. The number of anilines is 2. The van der Waals surface area contributed by atoms with E-state index in [0.717, 1.165) is 61.8 Å². The van der Waals surface area contributed by atoms with E-state index >= 15 is 0 Å². The smallest absolute Gasteiger partial charge is 0.223 e. The number of hydrogen-bond donors (Lipinski definition) is 3. The Bertz CT molecular complexity index is 1170. The third-order valence-corrected chi connectivity index (χ3v) is 6.53. The molecule has 0 amide bonds. The maximum absolute atomic E-state index is 4.72. The molecule has 0 bridgehead atoms. The van der Waals surface area contributed by atoms with Crippen LogP contribution in [0.25, 0.3) is 11.5 Å². The summed E-state index contributed by atoms with van der Waals surface area (Å²) in [7, 11) is 0. The van der Waals surface area contributed by atoms with Gasteiger partial charge in [-0.25, -0.2) is 15.0 Å². The first-order valence-corrected chi connectivity index (χ1v) is 11.1. The monoisotopic (exact) mass is 427 g/mol. The van der Waals surface area contributed by atoms with E-state index < -0.39 is 0 Å². The van der Waals surface area contributed by atoms with Gasteiger partial charge in [-0.05, 0) is 42.9 Å². The minimum atomic E-state index is 0.320. The summed E-state index contributed by atoms with van der Waals surface area (Å²) in [5.41, 5.74) is 4.66. The van der Waals surface area contributed by atoms with Crippen LogP contribution >= 0.6 is 0 Å². The van der Waals surface area contributed by atoms with Gasteiger partial charge in [0.25, 0.3) is 0 Å². The molecule has 32 heavy (non-hydrogen) atoms. The van der Waals surface area contributed by atoms with Gasteiger partial charge < -0.3 is 15.2 Å². The highest BCUT2D eigenvalue weighted by atomic mass is 15.3. The number of hydrogen-bond acceptors (Lipinski definition) is 7. The normalized spacial score (nSPS) is 16.9. The Morgan fingerprint density at radius 3 is 2.53 bits per heavy atom. The highest BCUT2D eigenvalue weighted by Crippen LogP contribution is 2.29. The Hall–Kier alpha value is -3.75. The van der Waals surface area contributed by atoms with Crippen molar-refractivity contribution in [1.82, 2.24) is 35.3 Å². The first kappa shape index (κ1) is 19.0. The Kier molecular flexibility index (Phi) is 4.78. The number of piperidine rings is 1. The molecule has 9 heteroatoms. The quantitative estimate of drug-likeness (QED) is 0.449. The largest absolute Gasteiger partial charge is 0.357 e. The van der Waals surface area contributed by atoms with Crippen LogP contribution in [0.3, 0.4) is 0 Å². The number of aromatic nitrogens is 7. The lowest BCUT2D eigenvalue weighted by atomic mass is 9.94. The average Bonchev–Trinajstić information content (AvgIpc) is 3.60. The molecule has 1 fully saturated rings. The van der Waals surface area contributed by atoms with Crippen LogP contribution in [-0.4, -0.2) is 54.5 Å². The maximum Gasteiger partial charge on any atom is 0.223 e. The van der Waals surface area contributed by atoms with Gasteiger partial charge in [-0.15, -0.1) is 0 Å². The Labute approximate surface area is 185 Å². The number of aromatic amines is 2. The molecule has 1 aromatic carbocycles. The predicted octanol–water partition coefficient (Wildman–Crippen LogP) is 2.95. The van der Waals surface area contributed by atoms with E-state index in [1.165, 1.54) is 11.1 Å². The van der Waals surface area contributed by atoms with Gasteiger partial charge in [0.15, 0.2) is 5.82 Å². The van der Waals surface area contributed by atoms with E-state index in [0.29, 0.717) is 17.9 Å². The highest BCUT2D eigenvalue weighted by molar-refractivity contribution is 5.55. The molecule has 0 unspecified atom stereocenters. The summed E-state index contributed by atoms with van der Waals surface area (Å²) >= 11 is 0. The second-order valence-electron chi connectivity index (χ2n) is 8.56. The highest BCUT2D eigenvalue weighted by Gasteiger charge is 2.24. The summed E-state index contributed by atoms with van der Waals surface area (Å²) < 4.78 is 0. The van der Waals surface area contributed by atoms with Gasteiger partial charge in [0.1, 0.15) is 11.5 Å². The molecule has 3 aromatic heterocycles. The van der Waals surface area contributed by atoms with E-state index in [1.807, 2.05) is 18.5 Å². The number of nitrogens with one attached hydrogen (secondary N) is 3. The average molecular weight is 428 g/mol. The summed E-state index contributed by atoms with van der Waals surface area (Å²) in [5, 5.41) is 14.4. The zero-order valence-corrected chi connectivity index (χ0v) is 17.7. The molecule has 6 rings (SSSR count). The lowest BCUT2D eigenvalue weighted by Gasteiger charge is -2.31. The van der Waals surface area contributed by atoms with Gasteiger partial charge in [-0.3, -0.25) is 0 Å². The Morgan fingerprint density at radius 2 is 1.78 bits per heavy atom. The molecule has 0 radical (unpaired) electrons. The second-order valence-corrected chi connectivity index (χ2v) is 8.56. The van der Waals surface area contributed by atoms with Crippen molar-refractivity contribution in [3.05, 3.63) is 65.7 Å². The van der Waals surface area contributed by atoms with Crippen molar-refractivity contribution in [2.45, 2.75) is 37.6 Å². The molecule has 3 N–H and O–H groups in total. The zero-order valence-electron chi connectivity index (χ0n) is 17.7. The van der Waals surface area contributed by atoms with Crippen molar-refractivity contribution in [2.24, 2.45) is 0 Å². The zero-order chi connectivity index (χ0) is 21.3. The van der Waals surface area contributed by atoms with E-state index in [-0.39, 0.29) is 0 Å². The van der Waals surface area contributed by atoms with E-state index in [1.54, 1.807) is 6.20 Å². The summed E-state index contributed by atoms with van der Waals surface area (Å²) in [4.78, 5) is 19.5. The fraction of sp³-hybridized carbons (Fsp3) is 0.348. The van der Waals surface area contributed by atoms with Crippen molar-refractivity contribution < 1.29 is 0 Å². The number of benzene rings is 1. The molecule has 0 saturated carbocycles. The van der Waals surface area contributed by atoms with Gasteiger partial charge in [-0.1, -0.05) is 24.3 Å². The molecule has 0 spiro atoms. The molecular weight excluding hydrogens is 402 g/mol. The summed E-state index contributed by atoms with van der Waals surface area (Å²) in [6, 6.07) is 10.8. The van der Waals surface area contributed by atoms with Crippen molar-refractivity contribution in [1.29, 1.82) is 0 Å². The van der Waals surface area contributed by atoms with Crippen molar-refractivity contribution in [3.63, 3.8) is 0 Å². The third-order valence-electron chi connectivity index (χ3n) is 6.53. The summed E-state index contributed by atoms with van der Waals surface area (Å²) in [6.07, 6.45) is 9.61. The van der Waals surface area contributed by atoms with Gasteiger partial charge >= 0.3 is 0 Å². The molecule has 1 aliphatic carbocycles. The number of imidazole rings is 1. The van der Waals surface area contributed by atoms with Gasteiger partial charge in [-0.2, -0.15) is 15.4 Å². The van der Waals surface area contributed by atoms with Crippen LogP contribution in [0.15, 0.2) is 48.9 Å². The minimum Gasteiger partial charge on any atom is -0.357 e. The molecule has 1 aliphatic heterocycles. The van der Waals surface area contributed by atoms with E-state index in [4.69, 9.17) is 4.98 Å². The molecule has 0 atom stereocenters. The van der Waals surface area contributed by atoms with Crippen LogP contribution in [0.4, 0.5) is 11.8 Å². The first-order valence-electron chi connectivity index (χ1n) is 11.1. The molecule has 4 heterocycles. The third kappa shape index (κ3) is 3.70. The van der Waals surface area contributed by atoms with Gasteiger partial charge in [0, 0.05) is 31.2 Å². The fourth-order valence-corrected chi connectivity index (χ4v) is 4.83. The van der Waals surface area contributed by atoms with Crippen LogP contribution in [0.5, 0.6) is 0 Å². The lowest BCUT2D eigenvalue weighted by Crippen LogP contribution is -2.33. The molecule has 9 nitrogen and oxygen atoms in total. The number of H-pyrrole nitrogens is 2. The predicted molar refractivity (Wildman–Crippen MR) is 121 cm³/mol. The first-order chi connectivity index (χ1) is 15.8. The molecule has 2 aliphatic rings. The molecule has 162 valence electrons. The van der Waals surface area contributed by atoms with Crippen molar-refractivity contribution >= 4 is 11.8 Å². The second kappa shape index (κ2) is 8.07. The number of rotatable bonds is 5. The van der Waals surface area contributed by atoms with E-state index in [2.05, 4.69) is 64.8 Å². The summed E-state index contributed by atoms with van der Waals surface area (Å²) in [5.74, 6) is 2.90. The molecular formula is C23H25N9. The Balaban J connectivity index is 1.11. The van der Waals surface area contributed by atoms with Crippen molar-refractivity contribution in [2.75, 3.05) is 23.3 Å². The van der Waals surface area contributed by atoms with Gasteiger partial charge in [0.05, 0.1) is 18.1 Å². The van der Waals surface area contributed by atoms with Crippen LogP contribution in [0, 0.1) is 0 Å². The number of nitrogens with zero attached hydrogens (tertiary/aromatic N) is 6. The molecule has 1 saturated heterocycles. The lowest BCUT2D eigenvalue weighted by molar-refractivity contribution is 0.493. The van der Waals surface area contributed by atoms with Crippen LogP contribution in [-0.2, 0) is 12.8 Å². The fourth-order valence-electron chi connectivity index (χ4n) is 4.83. The van der Waals surface area contributed by atoms with Gasteiger partial charge in [0.2, 0.25) is 5.95 Å². The minimum absolute atomic E-state index is 0.320. The summed E-state index contributed by atoms with van der Waals surface area (Å²) in [6.45, 7) is 1.91. The maximum atomic E-state index is 4.72. The van der Waals surface area contributed by atoms with Crippen LogP contribution in [0.1, 0.15) is 35.6 Å². The van der Waals surface area contributed by atoms with E-state index in [9.17, 15) is 0 Å². The van der Waals surface area contributed by atoms with Crippen LogP contribution in [0.2, 0.25) is 0 Å². The Morgan fingerprint density at radius 1 is 0.969 bits per heavy atom.